The highest BCUT2D eigenvalue weighted by Gasteiger charge is 2.41. The number of ketones is 1. The molecule has 2 saturated carbocycles. The molecule has 0 aromatic heterocycles. The van der Waals surface area contributed by atoms with Gasteiger partial charge in [0.05, 0.1) is 6.04 Å². The first-order valence-corrected chi connectivity index (χ1v) is 7.15. The predicted molar refractivity (Wildman–Crippen MR) is 64.3 cm³/mol. The number of carbonyl (C=O) groups is 1. The van der Waals surface area contributed by atoms with Crippen LogP contribution in [0.2, 0.25) is 0 Å². The van der Waals surface area contributed by atoms with Gasteiger partial charge in [0.25, 0.3) is 0 Å². The fourth-order valence-corrected chi connectivity index (χ4v) is 4.14. The van der Waals surface area contributed by atoms with E-state index in [1.165, 1.54) is 45.1 Å². The third-order valence-electron chi connectivity index (χ3n) is 4.98. The first kappa shape index (κ1) is 10.8. The van der Waals surface area contributed by atoms with Gasteiger partial charge < -0.3 is 0 Å². The number of nitrogens with zero attached hydrogens (tertiary/aromatic N) is 1. The number of carbonyl (C=O) groups excluding carboxylic acids is 1. The lowest BCUT2D eigenvalue weighted by atomic mass is 9.84. The summed E-state index contributed by atoms with van der Waals surface area (Å²) in [7, 11) is 0. The van der Waals surface area contributed by atoms with Crippen LogP contribution in [0.25, 0.3) is 0 Å². The van der Waals surface area contributed by atoms with Crippen molar-refractivity contribution in [3.8, 4) is 0 Å². The van der Waals surface area contributed by atoms with Gasteiger partial charge in [-0.05, 0) is 44.6 Å². The predicted octanol–water partition coefficient (Wildman–Crippen LogP) is 2.76. The molecule has 2 heteroatoms. The van der Waals surface area contributed by atoms with Crippen LogP contribution in [0.15, 0.2) is 0 Å². The molecule has 3 aliphatic rings. The third-order valence-corrected chi connectivity index (χ3v) is 4.98. The van der Waals surface area contributed by atoms with E-state index in [0.717, 1.165) is 31.2 Å². The van der Waals surface area contributed by atoms with Crippen LogP contribution >= 0.6 is 0 Å². The Kier molecular flexibility index (Phi) is 3.01. The van der Waals surface area contributed by atoms with Crippen molar-refractivity contribution in [1.82, 2.24) is 4.90 Å². The summed E-state index contributed by atoms with van der Waals surface area (Å²) in [5, 5.41) is 0. The minimum Gasteiger partial charge on any atom is -0.298 e. The van der Waals surface area contributed by atoms with Crippen LogP contribution in [0, 0.1) is 5.92 Å². The van der Waals surface area contributed by atoms with Crippen LogP contribution in [0.4, 0.5) is 0 Å². The standard InChI is InChI=1S/C14H23NO/c16-14-8-4-3-7-13(14)15-10-9-11-5-1-2-6-12(11)15/h11-13H,1-10H2. The Morgan fingerprint density at radius 1 is 0.938 bits per heavy atom. The Morgan fingerprint density at radius 3 is 2.62 bits per heavy atom. The number of hydrogen-bond acceptors (Lipinski definition) is 2. The Hall–Kier alpha value is -0.370. The molecule has 3 fully saturated rings. The average molecular weight is 221 g/mol. The van der Waals surface area contributed by atoms with Crippen molar-refractivity contribution in [3.05, 3.63) is 0 Å². The maximum absolute atomic E-state index is 12.0. The molecular formula is C14H23NO. The van der Waals surface area contributed by atoms with E-state index in [0.29, 0.717) is 11.8 Å². The van der Waals surface area contributed by atoms with Crippen LogP contribution < -0.4 is 0 Å². The molecule has 3 rings (SSSR count). The number of fused-ring (bicyclic) bond motifs is 1. The van der Waals surface area contributed by atoms with Gasteiger partial charge in [-0.2, -0.15) is 0 Å². The van der Waals surface area contributed by atoms with Crippen LogP contribution in [0.5, 0.6) is 0 Å². The lowest BCUT2D eigenvalue weighted by Crippen LogP contribution is -2.47. The van der Waals surface area contributed by atoms with E-state index in [1.807, 2.05) is 0 Å². The second kappa shape index (κ2) is 4.48. The summed E-state index contributed by atoms with van der Waals surface area (Å²) in [4.78, 5) is 14.6. The van der Waals surface area contributed by atoms with Gasteiger partial charge in [0.2, 0.25) is 0 Å². The van der Waals surface area contributed by atoms with Gasteiger partial charge in [0.15, 0.2) is 0 Å². The zero-order valence-corrected chi connectivity index (χ0v) is 10.2. The molecule has 3 atom stereocenters. The maximum atomic E-state index is 12.0. The minimum absolute atomic E-state index is 0.307. The molecule has 0 aromatic rings. The summed E-state index contributed by atoms with van der Waals surface area (Å²) >= 11 is 0. The van der Waals surface area contributed by atoms with Gasteiger partial charge in [-0.3, -0.25) is 9.69 Å². The van der Waals surface area contributed by atoms with Crippen molar-refractivity contribution in [2.75, 3.05) is 6.54 Å². The van der Waals surface area contributed by atoms with Crippen LogP contribution in [-0.2, 0) is 4.79 Å². The minimum atomic E-state index is 0.307. The second-order valence-electron chi connectivity index (χ2n) is 5.87. The number of hydrogen-bond donors (Lipinski definition) is 0. The molecule has 0 amide bonds. The molecule has 1 heterocycles. The van der Waals surface area contributed by atoms with E-state index in [1.54, 1.807) is 0 Å². The summed E-state index contributed by atoms with van der Waals surface area (Å²) < 4.78 is 0. The number of Topliss-reactive ketones (excluding diaryl/α,β-unsaturated/α-hetero) is 1. The van der Waals surface area contributed by atoms with E-state index in [2.05, 4.69) is 4.90 Å². The zero-order chi connectivity index (χ0) is 11.0. The number of rotatable bonds is 1. The Bertz CT molecular complexity index is 276. The topological polar surface area (TPSA) is 20.3 Å². The second-order valence-corrected chi connectivity index (χ2v) is 5.87. The molecule has 2 aliphatic carbocycles. The van der Waals surface area contributed by atoms with Gasteiger partial charge in [0.1, 0.15) is 5.78 Å². The lowest BCUT2D eigenvalue weighted by molar-refractivity contribution is -0.126. The summed E-state index contributed by atoms with van der Waals surface area (Å²) in [6, 6.07) is 1.07. The summed E-state index contributed by atoms with van der Waals surface area (Å²) in [6.07, 6.45) is 11.3. The molecule has 0 N–H and O–H groups in total. The monoisotopic (exact) mass is 221 g/mol. The van der Waals surface area contributed by atoms with E-state index < -0.39 is 0 Å². The molecule has 0 radical (unpaired) electrons. The normalized spacial score (nSPS) is 41.0. The van der Waals surface area contributed by atoms with Crippen LogP contribution in [-0.4, -0.2) is 29.3 Å². The van der Waals surface area contributed by atoms with Crippen molar-refractivity contribution in [1.29, 1.82) is 0 Å². The first-order chi connectivity index (χ1) is 7.86. The Balaban J connectivity index is 1.71. The molecule has 1 saturated heterocycles. The molecule has 0 spiro atoms. The first-order valence-electron chi connectivity index (χ1n) is 7.15. The molecule has 0 bridgehead atoms. The van der Waals surface area contributed by atoms with E-state index in [4.69, 9.17) is 0 Å². The highest BCUT2D eigenvalue weighted by atomic mass is 16.1. The van der Waals surface area contributed by atoms with Crippen molar-refractivity contribution in [3.63, 3.8) is 0 Å². The summed E-state index contributed by atoms with van der Waals surface area (Å²) in [5.74, 6) is 1.46. The molecule has 90 valence electrons. The highest BCUT2D eigenvalue weighted by Crippen LogP contribution is 2.38. The van der Waals surface area contributed by atoms with Gasteiger partial charge in [-0.25, -0.2) is 0 Å². The fraction of sp³-hybridized carbons (Fsp3) is 0.929. The molecular weight excluding hydrogens is 198 g/mol. The number of likely N-dealkylation sites (tertiary alicyclic amines) is 1. The molecule has 3 unspecified atom stereocenters. The van der Waals surface area contributed by atoms with E-state index in [9.17, 15) is 4.79 Å². The SMILES string of the molecule is O=C1CCCCC1N1CCC2CCCCC21. The molecule has 16 heavy (non-hydrogen) atoms. The van der Waals surface area contributed by atoms with Gasteiger partial charge in [0, 0.05) is 12.5 Å². The molecule has 1 aliphatic heterocycles. The van der Waals surface area contributed by atoms with Crippen molar-refractivity contribution in [2.24, 2.45) is 5.92 Å². The van der Waals surface area contributed by atoms with Crippen LogP contribution in [0.3, 0.4) is 0 Å². The smallest absolute Gasteiger partial charge is 0.149 e. The molecule has 2 nitrogen and oxygen atoms in total. The zero-order valence-electron chi connectivity index (χ0n) is 10.2. The summed E-state index contributed by atoms with van der Waals surface area (Å²) in [5.41, 5.74) is 0. The Morgan fingerprint density at radius 2 is 1.75 bits per heavy atom. The maximum Gasteiger partial charge on any atom is 0.149 e. The van der Waals surface area contributed by atoms with Gasteiger partial charge in [-0.15, -0.1) is 0 Å². The van der Waals surface area contributed by atoms with Crippen LogP contribution in [0.1, 0.15) is 57.8 Å². The Labute approximate surface area is 98.4 Å². The quantitative estimate of drug-likeness (QED) is 0.678. The summed E-state index contributed by atoms with van der Waals surface area (Å²) in [6.45, 7) is 1.20. The highest BCUT2D eigenvalue weighted by molar-refractivity contribution is 5.84. The van der Waals surface area contributed by atoms with Gasteiger partial charge in [-0.1, -0.05) is 19.3 Å². The molecule has 0 aromatic carbocycles. The van der Waals surface area contributed by atoms with Crippen molar-refractivity contribution >= 4 is 5.78 Å². The van der Waals surface area contributed by atoms with Gasteiger partial charge >= 0.3 is 0 Å². The fourth-order valence-electron chi connectivity index (χ4n) is 4.14. The largest absolute Gasteiger partial charge is 0.298 e. The average Bonchev–Trinajstić information content (AvgIpc) is 2.74. The van der Waals surface area contributed by atoms with E-state index in [-0.39, 0.29) is 0 Å². The lowest BCUT2D eigenvalue weighted by Gasteiger charge is -2.37. The van der Waals surface area contributed by atoms with Crippen molar-refractivity contribution < 1.29 is 4.79 Å². The van der Waals surface area contributed by atoms with E-state index >= 15 is 0 Å². The third kappa shape index (κ3) is 1.81. The van der Waals surface area contributed by atoms with Crippen molar-refractivity contribution in [2.45, 2.75) is 69.9 Å².